The van der Waals surface area contributed by atoms with Gasteiger partial charge in [-0.15, -0.1) is 0 Å². The Morgan fingerprint density at radius 2 is 0.720 bits per heavy atom. The van der Waals surface area contributed by atoms with Gasteiger partial charge in [0.25, 0.3) is 0 Å². The molecule has 3 nitrogen and oxygen atoms in total. The number of hydrogen-bond acceptors (Lipinski definition) is 3. The van der Waals surface area contributed by atoms with E-state index >= 15 is 0 Å². The Morgan fingerprint density at radius 3 is 1.10 bits per heavy atom. The van der Waals surface area contributed by atoms with Gasteiger partial charge in [-0.3, -0.25) is 0 Å². The molecule has 0 saturated heterocycles. The molecule has 50 heavy (non-hydrogen) atoms. The highest BCUT2D eigenvalue weighted by molar-refractivity contribution is 7.43. The van der Waals surface area contributed by atoms with Crippen LogP contribution in [0.25, 0.3) is 21.5 Å². The predicted molar refractivity (Wildman–Crippen MR) is 217 cm³/mol. The number of rotatable bonds is 6. The molecule has 0 aromatic heterocycles. The van der Waals surface area contributed by atoms with Gasteiger partial charge >= 0.3 is 8.60 Å². The Hall–Kier alpha value is -3.55. The van der Waals surface area contributed by atoms with Crippen molar-refractivity contribution in [1.29, 1.82) is 0 Å². The maximum Gasteiger partial charge on any atom is 0.530 e. The van der Waals surface area contributed by atoms with E-state index < -0.39 is 8.60 Å². The second kappa shape index (κ2) is 13.2. The lowest BCUT2D eigenvalue weighted by Crippen LogP contribution is -2.17. The van der Waals surface area contributed by atoms with Gasteiger partial charge in [-0.2, -0.15) is 0 Å². The zero-order chi connectivity index (χ0) is 37.0. The van der Waals surface area contributed by atoms with Crippen LogP contribution in [0.1, 0.15) is 132 Å². The number of benzene rings is 5. The normalized spacial score (nSPS) is 13.3. The SMILES string of the molecule is CC(C)(C)c1ccc2cc(OP(Oc3ccccc3C(C)(C)C)Oc3cc4ccc(C(C)(C)C)cc4cc3C(C)(C)C)c(C(C)(C)C)cc2c1. The molecule has 0 spiro atoms. The molecule has 0 radical (unpaired) electrons. The topological polar surface area (TPSA) is 27.7 Å². The minimum atomic E-state index is -1.94. The standard InChI is InChI=1S/C46H59O3P/c1-42(2,3)34-22-20-30-28-40(37(45(10,11)12)26-32(30)24-34)48-50(47-39-19-17-16-18-36(39)44(7,8)9)49-41-29-31-21-23-35(43(4,5)6)25-33(31)27-38(41)46(13,14)15/h16-29H,1-15H3. The summed E-state index contributed by atoms with van der Waals surface area (Å²) in [5.74, 6) is 2.33. The lowest BCUT2D eigenvalue weighted by atomic mass is 9.83. The van der Waals surface area contributed by atoms with Crippen LogP contribution in [-0.2, 0) is 27.1 Å². The van der Waals surface area contributed by atoms with Gasteiger partial charge in [0.15, 0.2) is 0 Å². The number of fused-ring (bicyclic) bond motifs is 2. The maximum absolute atomic E-state index is 7.02. The lowest BCUT2D eigenvalue weighted by Gasteiger charge is -2.29. The molecule has 5 aromatic carbocycles. The fraction of sp³-hybridized carbons (Fsp3) is 0.435. The van der Waals surface area contributed by atoms with Crippen LogP contribution < -0.4 is 13.6 Å². The van der Waals surface area contributed by atoms with Crippen molar-refractivity contribution < 1.29 is 13.6 Å². The molecular formula is C46H59O3P. The molecule has 0 heterocycles. The van der Waals surface area contributed by atoms with Crippen LogP contribution in [0.2, 0.25) is 0 Å². The predicted octanol–water partition coefficient (Wildman–Crippen LogP) is 14.2. The third-order valence-corrected chi connectivity index (χ3v) is 10.5. The summed E-state index contributed by atoms with van der Waals surface area (Å²) < 4.78 is 20.9. The van der Waals surface area contributed by atoms with Gasteiger partial charge in [0.1, 0.15) is 17.2 Å². The molecule has 0 bridgehead atoms. The van der Waals surface area contributed by atoms with Gasteiger partial charge in [-0.1, -0.05) is 158 Å². The first-order chi connectivity index (χ1) is 22.9. The van der Waals surface area contributed by atoms with Crippen LogP contribution in [0.4, 0.5) is 0 Å². The summed E-state index contributed by atoms with van der Waals surface area (Å²) in [7, 11) is -1.94. The summed E-state index contributed by atoms with van der Waals surface area (Å²) in [5, 5.41) is 4.67. The molecule has 0 aliphatic heterocycles. The van der Waals surface area contributed by atoms with E-state index in [9.17, 15) is 0 Å². The summed E-state index contributed by atoms with van der Waals surface area (Å²) in [5.41, 5.74) is 5.57. The number of hydrogen-bond donors (Lipinski definition) is 0. The van der Waals surface area contributed by atoms with Crippen molar-refractivity contribution >= 4 is 30.1 Å². The quantitative estimate of drug-likeness (QED) is 0.166. The molecule has 266 valence electrons. The summed E-state index contributed by atoms with van der Waals surface area (Å²) in [6, 6.07) is 30.7. The van der Waals surface area contributed by atoms with Crippen LogP contribution in [0.3, 0.4) is 0 Å². The monoisotopic (exact) mass is 690 g/mol. The van der Waals surface area contributed by atoms with Gasteiger partial charge in [0.2, 0.25) is 0 Å². The van der Waals surface area contributed by atoms with Gasteiger partial charge < -0.3 is 13.6 Å². The Labute approximate surface area is 303 Å². The highest BCUT2D eigenvalue weighted by atomic mass is 31.2. The molecule has 4 heteroatoms. The van der Waals surface area contributed by atoms with Gasteiger partial charge in [-0.25, -0.2) is 0 Å². The Bertz CT molecular complexity index is 1890. The highest BCUT2D eigenvalue weighted by Gasteiger charge is 2.31. The van der Waals surface area contributed by atoms with E-state index in [-0.39, 0.29) is 27.1 Å². The molecule has 0 amide bonds. The molecule has 5 rings (SSSR count). The lowest BCUT2D eigenvalue weighted by molar-refractivity contribution is 0.373. The van der Waals surface area contributed by atoms with Crippen molar-refractivity contribution in [2.45, 2.75) is 131 Å². The minimum absolute atomic E-state index is 0.0562. The van der Waals surface area contributed by atoms with Crippen molar-refractivity contribution in [1.82, 2.24) is 0 Å². The Balaban J connectivity index is 1.68. The van der Waals surface area contributed by atoms with Crippen molar-refractivity contribution in [2.24, 2.45) is 0 Å². The smallest absolute Gasteiger partial charge is 0.408 e. The molecule has 0 saturated carbocycles. The fourth-order valence-electron chi connectivity index (χ4n) is 6.27. The van der Waals surface area contributed by atoms with Crippen molar-refractivity contribution in [2.75, 3.05) is 0 Å². The molecule has 0 N–H and O–H groups in total. The second-order valence-electron chi connectivity index (χ2n) is 19.1. The van der Waals surface area contributed by atoms with E-state index in [1.807, 2.05) is 12.1 Å². The summed E-state index contributed by atoms with van der Waals surface area (Å²) in [6.07, 6.45) is 0. The molecule has 5 aromatic rings. The van der Waals surface area contributed by atoms with E-state index in [1.54, 1.807) is 0 Å². The Morgan fingerprint density at radius 1 is 0.340 bits per heavy atom. The average Bonchev–Trinajstić information content (AvgIpc) is 2.97. The van der Waals surface area contributed by atoms with Gasteiger partial charge in [0, 0.05) is 16.7 Å². The van der Waals surface area contributed by atoms with Crippen molar-refractivity contribution in [3.63, 3.8) is 0 Å². The minimum Gasteiger partial charge on any atom is -0.408 e. The second-order valence-corrected chi connectivity index (χ2v) is 20.1. The summed E-state index contributed by atoms with van der Waals surface area (Å²) >= 11 is 0. The van der Waals surface area contributed by atoms with E-state index in [1.165, 1.54) is 21.9 Å². The first-order valence-electron chi connectivity index (χ1n) is 18.0. The molecule has 0 aliphatic carbocycles. The Kier molecular flexibility index (Phi) is 9.96. The molecule has 0 atom stereocenters. The van der Waals surface area contributed by atoms with Crippen LogP contribution in [0.5, 0.6) is 17.2 Å². The van der Waals surface area contributed by atoms with E-state index in [4.69, 9.17) is 13.6 Å². The third kappa shape index (κ3) is 8.48. The van der Waals surface area contributed by atoms with E-state index in [2.05, 4.69) is 177 Å². The summed E-state index contributed by atoms with van der Waals surface area (Å²) in [4.78, 5) is 0. The first-order valence-corrected chi connectivity index (χ1v) is 19.1. The molecular weight excluding hydrogens is 631 g/mol. The number of para-hydroxylation sites is 1. The third-order valence-electron chi connectivity index (χ3n) is 9.44. The van der Waals surface area contributed by atoms with Gasteiger partial charge in [-0.05, 0) is 90.1 Å². The van der Waals surface area contributed by atoms with Crippen molar-refractivity contribution in [3.05, 3.63) is 113 Å². The first kappa shape index (κ1) is 37.7. The maximum atomic E-state index is 7.02. The van der Waals surface area contributed by atoms with E-state index in [0.717, 1.165) is 44.7 Å². The van der Waals surface area contributed by atoms with E-state index in [0.29, 0.717) is 0 Å². The van der Waals surface area contributed by atoms with Crippen LogP contribution in [0.15, 0.2) is 84.9 Å². The van der Waals surface area contributed by atoms with Crippen LogP contribution in [-0.4, -0.2) is 0 Å². The molecule has 0 unspecified atom stereocenters. The van der Waals surface area contributed by atoms with Crippen LogP contribution >= 0.6 is 8.60 Å². The summed E-state index contributed by atoms with van der Waals surface area (Å²) in [6.45, 7) is 33.6. The zero-order valence-corrected chi connectivity index (χ0v) is 34.1. The average molecular weight is 691 g/mol. The highest BCUT2D eigenvalue weighted by Crippen LogP contribution is 2.50. The zero-order valence-electron chi connectivity index (χ0n) is 33.3. The van der Waals surface area contributed by atoms with Crippen LogP contribution in [0, 0.1) is 0 Å². The molecule has 0 fully saturated rings. The van der Waals surface area contributed by atoms with Gasteiger partial charge in [0.05, 0.1) is 0 Å². The fourth-order valence-corrected chi connectivity index (χ4v) is 7.33. The molecule has 0 aliphatic rings. The van der Waals surface area contributed by atoms with Crippen molar-refractivity contribution in [3.8, 4) is 17.2 Å². The largest absolute Gasteiger partial charge is 0.530 e.